The van der Waals surface area contributed by atoms with Gasteiger partial charge >= 0.3 is 11.9 Å². The van der Waals surface area contributed by atoms with Crippen LogP contribution in [0.15, 0.2) is 11.8 Å². The second-order valence-corrected chi connectivity index (χ2v) is 3.31. The van der Waals surface area contributed by atoms with Crippen LogP contribution in [0.3, 0.4) is 0 Å². The Hall–Kier alpha value is -1.32. The molecule has 0 fully saturated rings. The van der Waals surface area contributed by atoms with Crippen molar-refractivity contribution in [2.75, 3.05) is 0 Å². The average molecular weight is 198 g/mol. The number of hydrogen-bond acceptors (Lipinski definition) is 4. The molecule has 0 aromatic carbocycles. The van der Waals surface area contributed by atoms with Gasteiger partial charge in [-0.25, -0.2) is 4.79 Å². The molecule has 78 valence electrons. The van der Waals surface area contributed by atoms with E-state index in [-0.39, 0.29) is 12.0 Å². The Morgan fingerprint density at radius 1 is 1.64 bits per heavy atom. The topological polar surface area (TPSA) is 52.6 Å². The van der Waals surface area contributed by atoms with Gasteiger partial charge in [-0.1, -0.05) is 13.8 Å². The van der Waals surface area contributed by atoms with E-state index in [1.165, 1.54) is 13.0 Å². The highest BCUT2D eigenvalue weighted by molar-refractivity contribution is 5.84. The first-order valence-electron chi connectivity index (χ1n) is 4.65. The SMILES string of the molecule is CC[C@@H]1OC(=O)C=C(OC(C)=O)[C@H]1C. The van der Waals surface area contributed by atoms with Crippen molar-refractivity contribution in [1.29, 1.82) is 0 Å². The standard InChI is InChI=1S/C10H14O4/c1-4-8-6(2)9(13-7(3)11)5-10(12)14-8/h5-6,8H,4H2,1-3H3/t6-,8-/m0/s1. The van der Waals surface area contributed by atoms with Crippen LogP contribution in [0.5, 0.6) is 0 Å². The summed E-state index contributed by atoms with van der Waals surface area (Å²) in [6, 6.07) is 0. The van der Waals surface area contributed by atoms with E-state index in [9.17, 15) is 9.59 Å². The normalized spacial score (nSPS) is 26.5. The lowest BCUT2D eigenvalue weighted by Gasteiger charge is -2.27. The number of ether oxygens (including phenoxy) is 2. The van der Waals surface area contributed by atoms with Gasteiger partial charge in [0.2, 0.25) is 0 Å². The van der Waals surface area contributed by atoms with Gasteiger partial charge < -0.3 is 9.47 Å². The number of cyclic esters (lactones) is 1. The molecule has 1 heterocycles. The molecule has 0 amide bonds. The van der Waals surface area contributed by atoms with Crippen molar-refractivity contribution < 1.29 is 19.1 Å². The van der Waals surface area contributed by atoms with Crippen molar-refractivity contribution in [2.24, 2.45) is 5.92 Å². The summed E-state index contributed by atoms with van der Waals surface area (Å²) in [5.74, 6) is -0.499. The second kappa shape index (κ2) is 4.26. The van der Waals surface area contributed by atoms with E-state index in [1.54, 1.807) is 0 Å². The van der Waals surface area contributed by atoms with Crippen LogP contribution in [-0.2, 0) is 19.1 Å². The highest BCUT2D eigenvalue weighted by Gasteiger charge is 2.30. The predicted octanol–water partition coefficient (Wildman–Crippen LogP) is 1.40. The maximum Gasteiger partial charge on any atom is 0.334 e. The Bertz CT molecular complexity index is 280. The third kappa shape index (κ3) is 2.34. The molecule has 0 aromatic heterocycles. The quantitative estimate of drug-likeness (QED) is 0.629. The Labute approximate surface area is 82.9 Å². The molecule has 0 aromatic rings. The first-order chi connectivity index (χ1) is 6.54. The van der Waals surface area contributed by atoms with Crippen LogP contribution in [0, 0.1) is 5.92 Å². The molecule has 4 nitrogen and oxygen atoms in total. The smallest absolute Gasteiger partial charge is 0.334 e. The minimum absolute atomic E-state index is 0.0541. The van der Waals surface area contributed by atoms with Crippen molar-refractivity contribution >= 4 is 11.9 Å². The largest absolute Gasteiger partial charge is 0.458 e. The molecular weight excluding hydrogens is 184 g/mol. The Morgan fingerprint density at radius 3 is 2.79 bits per heavy atom. The molecular formula is C10H14O4. The van der Waals surface area contributed by atoms with E-state index in [2.05, 4.69) is 0 Å². The number of hydrogen-bond donors (Lipinski definition) is 0. The van der Waals surface area contributed by atoms with Crippen LogP contribution in [0.1, 0.15) is 27.2 Å². The van der Waals surface area contributed by atoms with Crippen molar-refractivity contribution in [3.05, 3.63) is 11.8 Å². The molecule has 4 heteroatoms. The molecule has 0 saturated heterocycles. The molecule has 1 aliphatic heterocycles. The van der Waals surface area contributed by atoms with Crippen LogP contribution < -0.4 is 0 Å². The summed E-state index contributed by atoms with van der Waals surface area (Å²) in [6.07, 6.45) is 1.76. The highest BCUT2D eigenvalue weighted by atomic mass is 16.6. The van der Waals surface area contributed by atoms with Crippen LogP contribution in [0.25, 0.3) is 0 Å². The molecule has 1 rings (SSSR count). The molecule has 0 spiro atoms. The number of carbonyl (C=O) groups excluding carboxylic acids is 2. The minimum Gasteiger partial charge on any atom is -0.458 e. The van der Waals surface area contributed by atoms with Crippen LogP contribution >= 0.6 is 0 Å². The molecule has 0 aliphatic carbocycles. The van der Waals surface area contributed by atoms with E-state index in [1.807, 2.05) is 13.8 Å². The van der Waals surface area contributed by atoms with Crippen molar-refractivity contribution in [2.45, 2.75) is 33.3 Å². The number of rotatable bonds is 2. The van der Waals surface area contributed by atoms with Gasteiger partial charge in [0.05, 0.1) is 12.0 Å². The first-order valence-corrected chi connectivity index (χ1v) is 4.65. The van der Waals surface area contributed by atoms with Crippen LogP contribution in [0.2, 0.25) is 0 Å². The van der Waals surface area contributed by atoms with Crippen molar-refractivity contribution in [3.63, 3.8) is 0 Å². The van der Waals surface area contributed by atoms with Crippen LogP contribution in [-0.4, -0.2) is 18.0 Å². The third-order valence-corrected chi connectivity index (χ3v) is 2.20. The molecule has 2 atom stereocenters. The van der Waals surface area contributed by atoms with Gasteiger partial charge in [0.25, 0.3) is 0 Å². The number of esters is 2. The van der Waals surface area contributed by atoms with Gasteiger partial charge in [-0.15, -0.1) is 0 Å². The van der Waals surface area contributed by atoms with Crippen molar-refractivity contribution in [1.82, 2.24) is 0 Å². The Morgan fingerprint density at radius 2 is 2.29 bits per heavy atom. The molecule has 0 bridgehead atoms. The third-order valence-electron chi connectivity index (χ3n) is 2.20. The Balaban J connectivity index is 2.81. The zero-order valence-electron chi connectivity index (χ0n) is 8.57. The summed E-state index contributed by atoms with van der Waals surface area (Å²) in [6.45, 7) is 5.11. The summed E-state index contributed by atoms with van der Waals surface area (Å²) < 4.78 is 9.98. The second-order valence-electron chi connectivity index (χ2n) is 3.31. The fourth-order valence-corrected chi connectivity index (χ4v) is 1.44. The van der Waals surface area contributed by atoms with E-state index in [0.717, 1.165) is 0 Å². The lowest BCUT2D eigenvalue weighted by atomic mass is 9.98. The zero-order valence-corrected chi connectivity index (χ0v) is 8.57. The Kier molecular flexibility index (Phi) is 3.28. The molecule has 1 aliphatic rings. The molecule has 0 N–H and O–H groups in total. The van der Waals surface area contributed by atoms with Gasteiger partial charge in [0.15, 0.2) is 0 Å². The van der Waals surface area contributed by atoms with Crippen molar-refractivity contribution in [3.8, 4) is 0 Å². The first kappa shape index (κ1) is 10.8. The maximum absolute atomic E-state index is 11.1. The predicted molar refractivity (Wildman–Crippen MR) is 49.2 cm³/mol. The lowest BCUT2D eigenvalue weighted by Crippen LogP contribution is -2.31. The molecule has 0 unspecified atom stereocenters. The summed E-state index contributed by atoms with van der Waals surface area (Å²) in [5.41, 5.74) is 0. The average Bonchev–Trinajstić information content (AvgIpc) is 2.09. The van der Waals surface area contributed by atoms with Gasteiger partial charge in [0, 0.05) is 6.92 Å². The monoisotopic (exact) mass is 198 g/mol. The molecule has 14 heavy (non-hydrogen) atoms. The zero-order chi connectivity index (χ0) is 10.7. The lowest BCUT2D eigenvalue weighted by molar-refractivity contribution is -0.150. The van der Waals surface area contributed by atoms with Gasteiger partial charge in [-0.2, -0.15) is 0 Å². The minimum atomic E-state index is -0.439. The van der Waals surface area contributed by atoms with E-state index < -0.39 is 11.9 Å². The summed E-state index contributed by atoms with van der Waals surface area (Å²) in [4.78, 5) is 21.8. The van der Waals surface area contributed by atoms with Gasteiger partial charge in [-0.3, -0.25) is 4.79 Å². The van der Waals surface area contributed by atoms with E-state index >= 15 is 0 Å². The van der Waals surface area contributed by atoms with Gasteiger partial charge in [0.1, 0.15) is 11.9 Å². The number of carbonyl (C=O) groups is 2. The summed E-state index contributed by atoms with van der Waals surface area (Å²) >= 11 is 0. The van der Waals surface area contributed by atoms with Gasteiger partial charge in [-0.05, 0) is 6.42 Å². The highest BCUT2D eigenvalue weighted by Crippen LogP contribution is 2.25. The summed E-state index contributed by atoms with van der Waals surface area (Å²) in [5, 5.41) is 0. The van der Waals surface area contributed by atoms with E-state index in [0.29, 0.717) is 12.2 Å². The maximum atomic E-state index is 11.1. The summed E-state index contributed by atoms with van der Waals surface area (Å²) in [7, 11) is 0. The fourth-order valence-electron chi connectivity index (χ4n) is 1.44. The fraction of sp³-hybridized carbons (Fsp3) is 0.600. The molecule has 0 radical (unpaired) electrons. The molecule has 0 saturated carbocycles. The van der Waals surface area contributed by atoms with E-state index in [4.69, 9.17) is 9.47 Å². The van der Waals surface area contributed by atoms with Crippen LogP contribution in [0.4, 0.5) is 0 Å².